The average molecular weight is 600 g/mol. The number of hydrogen-bond donors (Lipinski definition) is 0. The Morgan fingerprint density at radius 1 is 0.447 bits per heavy atom. The molecule has 0 saturated carbocycles. The van der Waals surface area contributed by atoms with Gasteiger partial charge in [0.15, 0.2) is 5.58 Å². The Hall–Kier alpha value is -6.19. The minimum Gasteiger partial charge on any atom is -0.420 e. The third-order valence-electron chi connectivity index (χ3n) is 10.7. The molecular weight excluding hydrogens is 574 g/mol. The average Bonchev–Trinajstić information content (AvgIpc) is 3.74. The summed E-state index contributed by atoms with van der Waals surface area (Å²) < 4.78 is 8.62. The standard InChI is InChI=1S/C44H25NO2/c46-43-32-16-2-1-12-26(32)31-25-24-30-29-15-6-10-22-38(29)45(41(30)42(31)47-43)39-23-11-21-37-40(39)33-17-5-9-20-36(33)44(37)34-18-7-3-13-27(34)28-14-4-8-19-35(28)44/h1-25H. The van der Waals surface area contributed by atoms with Gasteiger partial charge in [-0.3, -0.25) is 0 Å². The second kappa shape index (κ2) is 8.74. The number of aromatic nitrogens is 1. The van der Waals surface area contributed by atoms with Crippen LogP contribution in [0.3, 0.4) is 0 Å². The van der Waals surface area contributed by atoms with Gasteiger partial charge in [0.25, 0.3) is 0 Å². The summed E-state index contributed by atoms with van der Waals surface area (Å²) in [6, 6.07) is 54.0. The first kappa shape index (κ1) is 25.1. The number of benzene rings is 7. The molecule has 2 aromatic heterocycles. The molecular formula is C44H25NO2. The highest BCUT2D eigenvalue weighted by Crippen LogP contribution is 2.63. The number of rotatable bonds is 1. The Bertz CT molecular complexity index is 2840. The van der Waals surface area contributed by atoms with Gasteiger partial charge in [-0.25, -0.2) is 4.79 Å². The van der Waals surface area contributed by atoms with Gasteiger partial charge in [-0.15, -0.1) is 0 Å². The normalized spacial score (nSPS) is 13.8. The first-order valence-electron chi connectivity index (χ1n) is 16.1. The van der Waals surface area contributed by atoms with Crippen molar-refractivity contribution >= 4 is 43.5 Å². The van der Waals surface area contributed by atoms with Gasteiger partial charge in [0.1, 0.15) is 0 Å². The zero-order valence-electron chi connectivity index (χ0n) is 25.2. The summed E-state index contributed by atoms with van der Waals surface area (Å²) in [7, 11) is 0. The summed E-state index contributed by atoms with van der Waals surface area (Å²) in [6.45, 7) is 0. The molecule has 9 aromatic rings. The minimum absolute atomic E-state index is 0.320. The molecule has 0 aliphatic heterocycles. The molecule has 3 heteroatoms. The third kappa shape index (κ3) is 2.91. The fourth-order valence-electron chi connectivity index (χ4n) is 8.95. The monoisotopic (exact) mass is 599 g/mol. The van der Waals surface area contributed by atoms with Gasteiger partial charge in [-0.1, -0.05) is 127 Å². The van der Waals surface area contributed by atoms with Crippen LogP contribution in [0.4, 0.5) is 0 Å². The topological polar surface area (TPSA) is 35.1 Å². The zero-order chi connectivity index (χ0) is 30.9. The molecule has 11 rings (SSSR count). The predicted octanol–water partition coefficient (Wildman–Crippen LogP) is 10.4. The van der Waals surface area contributed by atoms with Gasteiger partial charge in [0.05, 0.1) is 27.5 Å². The molecule has 218 valence electrons. The molecule has 47 heavy (non-hydrogen) atoms. The fraction of sp³-hybridized carbons (Fsp3) is 0.0227. The van der Waals surface area contributed by atoms with Crippen LogP contribution >= 0.6 is 0 Å². The lowest BCUT2D eigenvalue weighted by molar-refractivity contribution is 0.572. The van der Waals surface area contributed by atoms with Gasteiger partial charge in [0, 0.05) is 21.7 Å². The highest BCUT2D eigenvalue weighted by Gasteiger charge is 2.52. The summed E-state index contributed by atoms with van der Waals surface area (Å²) in [6.07, 6.45) is 0. The zero-order valence-corrected chi connectivity index (χ0v) is 25.2. The molecule has 0 atom stereocenters. The SMILES string of the molecule is O=c1oc2c(ccc3c4ccccc4n(-c4cccc5c4-c4ccccc4C54c5ccccc5-c5ccccc54)c32)c2ccccc12. The molecule has 0 fully saturated rings. The quantitative estimate of drug-likeness (QED) is 0.139. The second-order valence-electron chi connectivity index (χ2n) is 12.7. The Labute approximate surface area is 269 Å². The molecule has 2 aliphatic rings. The predicted molar refractivity (Wildman–Crippen MR) is 191 cm³/mol. The second-order valence-corrected chi connectivity index (χ2v) is 12.7. The van der Waals surface area contributed by atoms with Gasteiger partial charge in [-0.05, 0) is 68.6 Å². The van der Waals surface area contributed by atoms with Crippen LogP contribution in [0.15, 0.2) is 161 Å². The number of nitrogens with zero attached hydrogens (tertiary/aromatic N) is 1. The van der Waals surface area contributed by atoms with Crippen molar-refractivity contribution in [3.63, 3.8) is 0 Å². The van der Waals surface area contributed by atoms with E-state index in [4.69, 9.17) is 4.42 Å². The summed E-state index contributed by atoms with van der Waals surface area (Å²) in [4.78, 5) is 13.5. The lowest BCUT2D eigenvalue weighted by Gasteiger charge is -2.30. The van der Waals surface area contributed by atoms with E-state index in [1.165, 1.54) is 44.5 Å². The highest BCUT2D eigenvalue weighted by molar-refractivity contribution is 6.21. The first-order chi connectivity index (χ1) is 23.3. The van der Waals surface area contributed by atoms with Crippen LogP contribution in [0, 0.1) is 0 Å². The molecule has 3 nitrogen and oxygen atoms in total. The molecule has 1 spiro atoms. The molecule has 0 bridgehead atoms. The number of para-hydroxylation sites is 1. The summed E-state index contributed by atoms with van der Waals surface area (Å²) in [5, 5.41) is 4.60. The van der Waals surface area contributed by atoms with Gasteiger partial charge in [-0.2, -0.15) is 0 Å². The highest BCUT2D eigenvalue weighted by atomic mass is 16.4. The molecule has 0 saturated heterocycles. The van der Waals surface area contributed by atoms with E-state index in [9.17, 15) is 4.79 Å². The van der Waals surface area contributed by atoms with Crippen molar-refractivity contribution in [1.82, 2.24) is 4.57 Å². The van der Waals surface area contributed by atoms with Crippen LogP contribution in [0.2, 0.25) is 0 Å². The molecule has 2 aliphatic carbocycles. The van der Waals surface area contributed by atoms with E-state index in [1.54, 1.807) is 0 Å². The fourth-order valence-corrected chi connectivity index (χ4v) is 8.95. The van der Waals surface area contributed by atoms with Crippen LogP contribution in [-0.4, -0.2) is 4.57 Å². The molecule has 0 N–H and O–H groups in total. The van der Waals surface area contributed by atoms with E-state index in [2.05, 4.69) is 132 Å². The van der Waals surface area contributed by atoms with Gasteiger partial charge >= 0.3 is 5.63 Å². The third-order valence-corrected chi connectivity index (χ3v) is 10.7. The van der Waals surface area contributed by atoms with Crippen molar-refractivity contribution in [2.75, 3.05) is 0 Å². The van der Waals surface area contributed by atoms with Gasteiger partial charge in [0.2, 0.25) is 0 Å². The van der Waals surface area contributed by atoms with Crippen molar-refractivity contribution in [3.8, 4) is 27.9 Å². The molecule has 0 radical (unpaired) electrons. The van der Waals surface area contributed by atoms with E-state index in [-0.39, 0.29) is 5.63 Å². The number of fused-ring (bicyclic) bond motifs is 17. The van der Waals surface area contributed by atoms with Crippen molar-refractivity contribution in [2.24, 2.45) is 0 Å². The maximum atomic E-state index is 13.5. The maximum absolute atomic E-state index is 13.5. The van der Waals surface area contributed by atoms with E-state index in [0.717, 1.165) is 38.3 Å². The van der Waals surface area contributed by atoms with Crippen LogP contribution < -0.4 is 5.63 Å². The summed E-state index contributed by atoms with van der Waals surface area (Å²) >= 11 is 0. The largest absolute Gasteiger partial charge is 0.420 e. The smallest absolute Gasteiger partial charge is 0.344 e. The van der Waals surface area contributed by atoms with E-state index in [0.29, 0.717) is 11.0 Å². The molecule has 0 unspecified atom stereocenters. The Morgan fingerprint density at radius 3 is 1.74 bits per heavy atom. The van der Waals surface area contributed by atoms with Crippen molar-refractivity contribution in [3.05, 3.63) is 184 Å². The van der Waals surface area contributed by atoms with Crippen LogP contribution in [0.5, 0.6) is 0 Å². The first-order valence-corrected chi connectivity index (χ1v) is 16.1. The van der Waals surface area contributed by atoms with E-state index in [1.807, 2.05) is 24.3 Å². The summed E-state index contributed by atoms with van der Waals surface area (Å²) in [5.41, 5.74) is 13.1. The van der Waals surface area contributed by atoms with Crippen molar-refractivity contribution < 1.29 is 4.42 Å². The van der Waals surface area contributed by atoms with Crippen molar-refractivity contribution in [1.29, 1.82) is 0 Å². The number of hydrogen-bond acceptors (Lipinski definition) is 2. The molecule has 2 heterocycles. The lowest BCUT2D eigenvalue weighted by atomic mass is 9.70. The Morgan fingerprint density at radius 2 is 1.00 bits per heavy atom. The Balaban J connectivity index is 1.34. The van der Waals surface area contributed by atoms with Crippen molar-refractivity contribution in [2.45, 2.75) is 5.41 Å². The van der Waals surface area contributed by atoms with Crippen LogP contribution in [-0.2, 0) is 5.41 Å². The summed E-state index contributed by atoms with van der Waals surface area (Å²) in [5.74, 6) is 0. The lowest BCUT2D eigenvalue weighted by Crippen LogP contribution is -2.25. The van der Waals surface area contributed by atoms with E-state index >= 15 is 0 Å². The molecule has 7 aromatic carbocycles. The molecule has 0 amide bonds. The maximum Gasteiger partial charge on any atom is 0.344 e. The van der Waals surface area contributed by atoms with Crippen LogP contribution in [0.25, 0.3) is 71.5 Å². The van der Waals surface area contributed by atoms with E-state index < -0.39 is 5.41 Å². The Kier molecular flexibility index (Phi) is 4.66. The minimum atomic E-state index is -0.446. The van der Waals surface area contributed by atoms with Crippen LogP contribution in [0.1, 0.15) is 22.3 Å². The van der Waals surface area contributed by atoms with Gasteiger partial charge < -0.3 is 8.98 Å².